The van der Waals surface area contributed by atoms with Gasteiger partial charge in [-0.3, -0.25) is 14.6 Å². The molecule has 7 heteroatoms. The van der Waals surface area contributed by atoms with Crippen molar-refractivity contribution in [3.8, 4) is 11.4 Å². The third kappa shape index (κ3) is 4.42. The Hall–Kier alpha value is -2.28. The van der Waals surface area contributed by atoms with Gasteiger partial charge in [-0.25, -0.2) is 0 Å². The monoisotopic (exact) mass is 358 g/mol. The van der Waals surface area contributed by atoms with Gasteiger partial charge in [-0.15, -0.1) is 0 Å². The molecule has 2 heterocycles. The van der Waals surface area contributed by atoms with E-state index in [0.29, 0.717) is 22.0 Å². The number of carbonyl (C=O) groups excluding carboxylic acids is 2. The highest BCUT2D eigenvalue weighted by molar-refractivity contribution is 7.09. The van der Waals surface area contributed by atoms with Gasteiger partial charge in [-0.05, 0) is 36.5 Å². The predicted molar refractivity (Wildman–Crippen MR) is 98.6 cm³/mol. The summed E-state index contributed by atoms with van der Waals surface area (Å²) < 4.78 is 4.38. The first-order chi connectivity index (χ1) is 12.1. The predicted octanol–water partition coefficient (Wildman–Crippen LogP) is 3.62. The van der Waals surface area contributed by atoms with Crippen LogP contribution in [0.2, 0.25) is 0 Å². The van der Waals surface area contributed by atoms with Crippen LogP contribution in [0.5, 0.6) is 0 Å². The van der Waals surface area contributed by atoms with Gasteiger partial charge in [0, 0.05) is 19.2 Å². The van der Waals surface area contributed by atoms with Crippen molar-refractivity contribution < 1.29 is 9.59 Å². The SMILES string of the molecule is CC(=O)Nc1c(-c2ccccn2)nsc1C(=O)NC1CCCCCC1. The fraction of sp³-hybridized carbons (Fsp3) is 0.444. The third-order valence-electron chi connectivity index (χ3n) is 4.30. The van der Waals surface area contributed by atoms with E-state index in [2.05, 4.69) is 20.0 Å². The minimum atomic E-state index is -0.235. The van der Waals surface area contributed by atoms with E-state index in [1.807, 2.05) is 18.2 Å². The maximum Gasteiger partial charge on any atom is 0.265 e. The molecule has 0 radical (unpaired) electrons. The van der Waals surface area contributed by atoms with Gasteiger partial charge in [0.1, 0.15) is 10.6 Å². The lowest BCUT2D eigenvalue weighted by Gasteiger charge is -2.16. The summed E-state index contributed by atoms with van der Waals surface area (Å²) >= 11 is 1.10. The van der Waals surface area contributed by atoms with Gasteiger partial charge >= 0.3 is 0 Å². The number of hydrogen-bond donors (Lipinski definition) is 2. The molecule has 132 valence electrons. The number of hydrogen-bond acceptors (Lipinski definition) is 5. The zero-order chi connectivity index (χ0) is 17.6. The van der Waals surface area contributed by atoms with Crippen molar-refractivity contribution in [2.75, 3.05) is 5.32 Å². The van der Waals surface area contributed by atoms with Crippen LogP contribution in [0.1, 0.15) is 55.1 Å². The summed E-state index contributed by atoms with van der Waals surface area (Å²) in [6.07, 6.45) is 8.43. The molecule has 6 nitrogen and oxygen atoms in total. The molecule has 0 spiro atoms. The van der Waals surface area contributed by atoms with Gasteiger partial charge in [0.2, 0.25) is 5.91 Å². The van der Waals surface area contributed by atoms with Crippen LogP contribution < -0.4 is 10.6 Å². The molecule has 0 aromatic carbocycles. The van der Waals surface area contributed by atoms with Crippen molar-refractivity contribution in [3.05, 3.63) is 29.3 Å². The molecule has 2 N–H and O–H groups in total. The topological polar surface area (TPSA) is 84.0 Å². The number of rotatable bonds is 4. The van der Waals surface area contributed by atoms with Crippen molar-refractivity contribution in [2.24, 2.45) is 0 Å². The zero-order valence-electron chi connectivity index (χ0n) is 14.2. The fourth-order valence-electron chi connectivity index (χ4n) is 3.09. The first kappa shape index (κ1) is 17.5. The number of nitrogens with one attached hydrogen (secondary N) is 2. The highest BCUT2D eigenvalue weighted by Gasteiger charge is 2.24. The summed E-state index contributed by atoms with van der Waals surface area (Å²) in [5.41, 5.74) is 1.62. The van der Waals surface area contributed by atoms with Gasteiger partial charge in [-0.2, -0.15) is 4.37 Å². The Kier molecular flexibility index (Phi) is 5.75. The Morgan fingerprint density at radius 3 is 2.56 bits per heavy atom. The largest absolute Gasteiger partial charge is 0.348 e. The average Bonchev–Trinajstić information content (AvgIpc) is 2.83. The molecular formula is C18H22N4O2S. The molecular weight excluding hydrogens is 336 g/mol. The van der Waals surface area contributed by atoms with Crippen LogP contribution in [0.15, 0.2) is 24.4 Å². The molecule has 1 aliphatic rings. The minimum absolute atomic E-state index is 0.171. The van der Waals surface area contributed by atoms with Crippen molar-refractivity contribution in [1.82, 2.24) is 14.7 Å². The standard InChI is InChI=1S/C18H22N4O2S/c1-12(23)20-16-15(14-10-6-7-11-19-14)22-25-17(16)18(24)21-13-8-4-2-3-5-9-13/h6-7,10-11,13H,2-5,8-9H2,1H3,(H,20,23)(H,21,24). The van der Waals surface area contributed by atoms with E-state index in [-0.39, 0.29) is 17.9 Å². The van der Waals surface area contributed by atoms with Crippen molar-refractivity contribution in [2.45, 2.75) is 51.5 Å². The highest BCUT2D eigenvalue weighted by Crippen LogP contribution is 2.32. The van der Waals surface area contributed by atoms with E-state index >= 15 is 0 Å². The van der Waals surface area contributed by atoms with E-state index in [0.717, 1.165) is 37.2 Å². The molecule has 1 fully saturated rings. The van der Waals surface area contributed by atoms with E-state index in [9.17, 15) is 9.59 Å². The van der Waals surface area contributed by atoms with Gasteiger partial charge < -0.3 is 10.6 Å². The quantitative estimate of drug-likeness (QED) is 0.818. The molecule has 3 rings (SSSR count). The zero-order valence-corrected chi connectivity index (χ0v) is 15.1. The van der Waals surface area contributed by atoms with Crippen LogP contribution in [0.3, 0.4) is 0 Å². The summed E-state index contributed by atoms with van der Waals surface area (Å²) in [5.74, 6) is -0.406. The van der Waals surface area contributed by atoms with Crippen molar-refractivity contribution in [3.63, 3.8) is 0 Å². The average molecular weight is 358 g/mol. The molecule has 1 aliphatic carbocycles. The first-order valence-electron chi connectivity index (χ1n) is 8.64. The maximum atomic E-state index is 12.8. The smallest absolute Gasteiger partial charge is 0.265 e. The van der Waals surface area contributed by atoms with Crippen LogP contribution in [0.4, 0.5) is 5.69 Å². The van der Waals surface area contributed by atoms with Crippen LogP contribution in [0, 0.1) is 0 Å². The van der Waals surface area contributed by atoms with Gasteiger partial charge in [0.25, 0.3) is 5.91 Å². The molecule has 0 unspecified atom stereocenters. The third-order valence-corrected chi connectivity index (χ3v) is 5.14. The van der Waals surface area contributed by atoms with Gasteiger partial charge in [-0.1, -0.05) is 31.7 Å². The second-order valence-corrected chi connectivity index (χ2v) is 7.07. The number of carbonyl (C=O) groups is 2. The van der Waals surface area contributed by atoms with E-state index in [4.69, 9.17) is 0 Å². The fourth-order valence-corrected chi connectivity index (χ4v) is 3.84. The van der Waals surface area contributed by atoms with Crippen molar-refractivity contribution in [1.29, 1.82) is 0 Å². The number of aromatic nitrogens is 2. The van der Waals surface area contributed by atoms with Crippen LogP contribution >= 0.6 is 11.5 Å². The number of nitrogens with zero attached hydrogens (tertiary/aromatic N) is 2. The number of amides is 2. The number of anilines is 1. The van der Waals surface area contributed by atoms with Crippen LogP contribution in [-0.4, -0.2) is 27.2 Å². The van der Waals surface area contributed by atoms with Gasteiger partial charge in [0.05, 0.1) is 11.4 Å². The van der Waals surface area contributed by atoms with Crippen LogP contribution in [0.25, 0.3) is 11.4 Å². The molecule has 0 bridgehead atoms. The molecule has 0 aliphatic heterocycles. The Labute approximate surface area is 151 Å². The Morgan fingerprint density at radius 2 is 1.92 bits per heavy atom. The van der Waals surface area contributed by atoms with E-state index in [1.165, 1.54) is 19.8 Å². The molecule has 25 heavy (non-hydrogen) atoms. The summed E-state index contributed by atoms with van der Waals surface area (Å²) in [5, 5.41) is 5.87. The molecule has 2 aromatic heterocycles. The summed E-state index contributed by atoms with van der Waals surface area (Å²) in [4.78, 5) is 29.1. The lowest BCUT2D eigenvalue weighted by Crippen LogP contribution is -2.34. The summed E-state index contributed by atoms with van der Waals surface area (Å²) in [6.45, 7) is 1.42. The molecule has 0 atom stereocenters. The summed E-state index contributed by atoms with van der Waals surface area (Å²) in [7, 11) is 0. The van der Waals surface area contributed by atoms with Crippen LogP contribution in [-0.2, 0) is 4.79 Å². The van der Waals surface area contributed by atoms with E-state index in [1.54, 1.807) is 6.20 Å². The lowest BCUT2D eigenvalue weighted by molar-refractivity contribution is -0.114. The Morgan fingerprint density at radius 1 is 1.16 bits per heavy atom. The Balaban J connectivity index is 1.86. The first-order valence-corrected chi connectivity index (χ1v) is 9.42. The minimum Gasteiger partial charge on any atom is -0.348 e. The molecule has 1 saturated carbocycles. The molecule has 2 amide bonds. The second kappa shape index (κ2) is 8.20. The second-order valence-electron chi connectivity index (χ2n) is 6.29. The molecule has 0 saturated heterocycles. The maximum absolute atomic E-state index is 12.8. The number of pyridine rings is 1. The lowest BCUT2D eigenvalue weighted by atomic mass is 10.1. The normalized spacial score (nSPS) is 15.4. The van der Waals surface area contributed by atoms with E-state index < -0.39 is 0 Å². The van der Waals surface area contributed by atoms with Crippen molar-refractivity contribution >= 4 is 29.0 Å². The highest BCUT2D eigenvalue weighted by atomic mass is 32.1. The molecule has 2 aromatic rings. The van der Waals surface area contributed by atoms with Gasteiger partial charge in [0.15, 0.2) is 0 Å². The Bertz CT molecular complexity index is 737. The summed E-state index contributed by atoms with van der Waals surface area (Å²) in [6, 6.07) is 5.67.